The lowest BCUT2D eigenvalue weighted by molar-refractivity contribution is -0.0212. The number of rotatable bonds is 5. The second kappa shape index (κ2) is 8.29. The van der Waals surface area contributed by atoms with Gasteiger partial charge in [0.25, 0.3) is 5.91 Å². The van der Waals surface area contributed by atoms with Gasteiger partial charge in [-0.2, -0.15) is 5.10 Å². The minimum Gasteiger partial charge on any atom is -0.376 e. The molecule has 2 atom stereocenters. The zero-order chi connectivity index (χ0) is 17.8. The second-order valence-corrected chi connectivity index (χ2v) is 7.52. The molecule has 2 aliphatic rings. The largest absolute Gasteiger partial charge is 0.376 e. The number of morpholine rings is 1. The zero-order valence-electron chi connectivity index (χ0n) is 15.7. The van der Waals surface area contributed by atoms with Crippen molar-refractivity contribution in [2.24, 2.45) is 0 Å². The molecule has 140 valence electrons. The summed E-state index contributed by atoms with van der Waals surface area (Å²) in [5.74, 6) is 0.391. The highest BCUT2D eigenvalue weighted by Crippen LogP contribution is 2.28. The SMILES string of the molecule is C[C@@H]1CN(CCN2CCC[C@H](c3[nH]ncc3C(=O)N(C)C)C2)CCO1. The van der Waals surface area contributed by atoms with E-state index in [4.69, 9.17) is 4.74 Å². The number of nitrogens with zero attached hydrogens (tertiary/aromatic N) is 4. The molecule has 0 aromatic carbocycles. The fourth-order valence-electron chi connectivity index (χ4n) is 3.89. The Morgan fingerprint density at radius 3 is 2.80 bits per heavy atom. The molecule has 1 N–H and O–H groups in total. The van der Waals surface area contributed by atoms with Crippen LogP contribution in [0.25, 0.3) is 0 Å². The Bertz CT molecular complexity index is 574. The van der Waals surface area contributed by atoms with Crippen LogP contribution in [0.4, 0.5) is 0 Å². The maximum atomic E-state index is 12.3. The van der Waals surface area contributed by atoms with Crippen LogP contribution in [-0.2, 0) is 4.74 Å². The molecule has 2 aliphatic heterocycles. The van der Waals surface area contributed by atoms with E-state index in [0.29, 0.717) is 12.0 Å². The molecule has 7 heteroatoms. The smallest absolute Gasteiger partial charge is 0.256 e. The van der Waals surface area contributed by atoms with Crippen LogP contribution in [0.3, 0.4) is 0 Å². The molecule has 0 bridgehead atoms. The summed E-state index contributed by atoms with van der Waals surface area (Å²) in [5, 5.41) is 7.23. The number of aromatic amines is 1. The van der Waals surface area contributed by atoms with Crippen LogP contribution in [0.1, 0.15) is 41.7 Å². The van der Waals surface area contributed by atoms with Gasteiger partial charge < -0.3 is 14.5 Å². The number of nitrogens with one attached hydrogen (secondary N) is 1. The van der Waals surface area contributed by atoms with Crippen molar-refractivity contribution in [3.63, 3.8) is 0 Å². The van der Waals surface area contributed by atoms with E-state index in [1.54, 1.807) is 25.2 Å². The van der Waals surface area contributed by atoms with E-state index in [-0.39, 0.29) is 5.91 Å². The van der Waals surface area contributed by atoms with Crippen LogP contribution >= 0.6 is 0 Å². The quantitative estimate of drug-likeness (QED) is 0.860. The van der Waals surface area contributed by atoms with E-state index in [1.165, 1.54) is 6.42 Å². The predicted molar refractivity (Wildman–Crippen MR) is 96.9 cm³/mol. The van der Waals surface area contributed by atoms with Gasteiger partial charge in [0, 0.05) is 52.7 Å². The first-order valence-electron chi connectivity index (χ1n) is 9.36. The molecule has 1 amide bonds. The number of ether oxygens (including phenoxy) is 1. The van der Waals surface area contributed by atoms with Crippen LogP contribution in [0.15, 0.2) is 6.20 Å². The number of hydrogen-bond donors (Lipinski definition) is 1. The summed E-state index contributed by atoms with van der Waals surface area (Å²) < 4.78 is 5.62. The highest BCUT2D eigenvalue weighted by atomic mass is 16.5. The monoisotopic (exact) mass is 349 g/mol. The average Bonchev–Trinajstić information content (AvgIpc) is 3.09. The number of carbonyl (C=O) groups is 1. The van der Waals surface area contributed by atoms with Gasteiger partial charge in [0.05, 0.1) is 30.2 Å². The topological polar surface area (TPSA) is 64.7 Å². The van der Waals surface area contributed by atoms with Crippen LogP contribution in [0, 0.1) is 0 Å². The number of piperidine rings is 1. The van der Waals surface area contributed by atoms with Crippen LogP contribution in [0.5, 0.6) is 0 Å². The molecule has 0 unspecified atom stereocenters. The Morgan fingerprint density at radius 1 is 1.32 bits per heavy atom. The normalized spacial score (nSPS) is 25.9. The summed E-state index contributed by atoms with van der Waals surface area (Å²) in [7, 11) is 3.57. The standard InChI is InChI=1S/C18H31N5O2/c1-14-12-23(9-10-25-14)8-7-22-6-4-5-15(13-22)17-16(11-19-20-17)18(24)21(2)3/h11,14-15H,4-10,12-13H2,1-3H3,(H,19,20)/t14-,15+/m1/s1. The molecule has 2 saturated heterocycles. The van der Waals surface area contributed by atoms with Gasteiger partial charge in [0.15, 0.2) is 0 Å². The highest BCUT2D eigenvalue weighted by molar-refractivity contribution is 5.94. The molecule has 2 fully saturated rings. The van der Waals surface area contributed by atoms with Gasteiger partial charge in [0.1, 0.15) is 0 Å². The second-order valence-electron chi connectivity index (χ2n) is 7.52. The van der Waals surface area contributed by atoms with Crippen LogP contribution in [-0.4, -0.2) is 96.9 Å². The Hall–Kier alpha value is -1.44. The lowest BCUT2D eigenvalue weighted by atomic mass is 9.92. The summed E-state index contributed by atoms with van der Waals surface area (Å²) in [6, 6.07) is 0. The van der Waals surface area contributed by atoms with E-state index in [1.807, 2.05) is 0 Å². The van der Waals surface area contributed by atoms with Crippen molar-refractivity contribution in [1.29, 1.82) is 0 Å². The van der Waals surface area contributed by atoms with Gasteiger partial charge in [-0.15, -0.1) is 0 Å². The van der Waals surface area contributed by atoms with Crippen molar-refractivity contribution in [1.82, 2.24) is 24.9 Å². The van der Waals surface area contributed by atoms with Gasteiger partial charge in [0.2, 0.25) is 0 Å². The lowest BCUT2D eigenvalue weighted by Crippen LogP contribution is -2.46. The number of H-pyrrole nitrogens is 1. The van der Waals surface area contributed by atoms with Gasteiger partial charge in [-0.05, 0) is 26.3 Å². The van der Waals surface area contributed by atoms with E-state index in [0.717, 1.165) is 63.6 Å². The molecule has 3 rings (SSSR count). The van der Waals surface area contributed by atoms with Crippen molar-refractivity contribution in [2.45, 2.75) is 31.8 Å². The van der Waals surface area contributed by atoms with E-state index < -0.39 is 0 Å². The maximum Gasteiger partial charge on any atom is 0.256 e. The van der Waals surface area contributed by atoms with E-state index in [2.05, 4.69) is 26.9 Å². The molecule has 0 spiro atoms. The van der Waals surface area contributed by atoms with Crippen LogP contribution in [0.2, 0.25) is 0 Å². The van der Waals surface area contributed by atoms with Gasteiger partial charge in [-0.1, -0.05) is 0 Å². The fourth-order valence-corrected chi connectivity index (χ4v) is 3.89. The molecule has 0 radical (unpaired) electrons. The first kappa shape index (κ1) is 18.4. The minimum absolute atomic E-state index is 0.0307. The van der Waals surface area contributed by atoms with Crippen molar-refractivity contribution in [2.75, 3.05) is 60.0 Å². The van der Waals surface area contributed by atoms with Crippen molar-refractivity contribution in [3.8, 4) is 0 Å². The van der Waals surface area contributed by atoms with Gasteiger partial charge >= 0.3 is 0 Å². The average molecular weight is 349 g/mol. The Kier molecular flexibility index (Phi) is 6.09. The number of carbonyl (C=O) groups excluding carboxylic acids is 1. The lowest BCUT2D eigenvalue weighted by Gasteiger charge is -2.36. The van der Waals surface area contributed by atoms with Crippen molar-refractivity contribution >= 4 is 5.91 Å². The number of likely N-dealkylation sites (tertiary alicyclic amines) is 1. The molecule has 7 nitrogen and oxygen atoms in total. The van der Waals surface area contributed by atoms with Crippen molar-refractivity contribution in [3.05, 3.63) is 17.5 Å². The zero-order valence-corrected chi connectivity index (χ0v) is 15.7. The number of amides is 1. The highest BCUT2D eigenvalue weighted by Gasteiger charge is 2.27. The number of aromatic nitrogens is 2. The van der Waals surface area contributed by atoms with Gasteiger partial charge in [-0.3, -0.25) is 14.8 Å². The molecule has 3 heterocycles. The maximum absolute atomic E-state index is 12.3. The summed E-state index contributed by atoms with van der Waals surface area (Å²) in [6.07, 6.45) is 4.29. The Balaban J connectivity index is 1.56. The van der Waals surface area contributed by atoms with E-state index >= 15 is 0 Å². The number of hydrogen-bond acceptors (Lipinski definition) is 5. The molecular formula is C18H31N5O2. The van der Waals surface area contributed by atoms with Gasteiger partial charge in [-0.25, -0.2) is 0 Å². The summed E-state index contributed by atoms with van der Waals surface area (Å²) in [6.45, 7) is 9.35. The molecule has 1 aromatic heterocycles. The molecule has 1 aromatic rings. The third-order valence-corrected chi connectivity index (χ3v) is 5.28. The summed E-state index contributed by atoms with van der Waals surface area (Å²) in [4.78, 5) is 19.0. The Morgan fingerprint density at radius 2 is 2.08 bits per heavy atom. The van der Waals surface area contributed by atoms with Crippen molar-refractivity contribution < 1.29 is 9.53 Å². The molecule has 0 aliphatic carbocycles. The first-order valence-corrected chi connectivity index (χ1v) is 9.36. The third kappa shape index (κ3) is 4.59. The third-order valence-electron chi connectivity index (χ3n) is 5.28. The summed E-state index contributed by atoms with van der Waals surface area (Å²) in [5.41, 5.74) is 1.72. The first-order chi connectivity index (χ1) is 12.0. The molecule has 25 heavy (non-hydrogen) atoms. The molecular weight excluding hydrogens is 318 g/mol. The summed E-state index contributed by atoms with van der Waals surface area (Å²) >= 11 is 0. The predicted octanol–water partition coefficient (Wildman–Crippen LogP) is 1.01. The van der Waals surface area contributed by atoms with Crippen LogP contribution < -0.4 is 0 Å². The van der Waals surface area contributed by atoms with E-state index in [9.17, 15) is 4.79 Å². The minimum atomic E-state index is 0.0307. The fraction of sp³-hybridized carbons (Fsp3) is 0.778. The Labute approximate surface area is 150 Å². The molecule has 0 saturated carbocycles.